The number of pyridine rings is 1. The Morgan fingerprint density at radius 3 is 2.67 bits per heavy atom. The Morgan fingerprint density at radius 1 is 1.20 bits per heavy atom. The Balaban J connectivity index is 2.56. The van der Waals surface area contributed by atoms with Crippen molar-refractivity contribution in [3.8, 4) is 0 Å². The molecular formula is C13H14ClN. The van der Waals surface area contributed by atoms with Gasteiger partial charge in [-0.3, -0.25) is 4.98 Å². The highest BCUT2D eigenvalue weighted by molar-refractivity contribution is 6.23. The fraction of sp³-hybridized carbons (Fsp3) is 0.308. The van der Waals surface area contributed by atoms with Gasteiger partial charge in [0.1, 0.15) is 0 Å². The van der Waals surface area contributed by atoms with E-state index in [1.165, 1.54) is 0 Å². The van der Waals surface area contributed by atoms with E-state index in [0.717, 1.165) is 23.0 Å². The van der Waals surface area contributed by atoms with Crippen LogP contribution in [0, 0.1) is 0 Å². The lowest BCUT2D eigenvalue weighted by Gasteiger charge is -2.19. The summed E-state index contributed by atoms with van der Waals surface area (Å²) in [5.74, 6) is 0. The number of hydrogen-bond acceptors (Lipinski definition) is 1. The van der Waals surface area contributed by atoms with E-state index in [4.69, 9.17) is 11.6 Å². The van der Waals surface area contributed by atoms with Crippen LogP contribution in [0.3, 0.4) is 0 Å². The molecule has 1 nitrogen and oxygen atoms in total. The Morgan fingerprint density at radius 2 is 1.93 bits per heavy atom. The SMILES string of the molecule is CCC(C)(Cl)c1ccc2ccccc2n1. The maximum Gasteiger partial charge on any atom is 0.0835 e. The predicted molar refractivity (Wildman–Crippen MR) is 65.2 cm³/mol. The van der Waals surface area contributed by atoms with E-state index >= 15 is 0 Å². The average Bonchev–Trinajstić information content (AvgIpc) is 2.28. The van der Waals surface area contributed by atoms with Gasteiger partial charge < -0.3 is 0 Å². The molecule has 0 amide bonds. The van der Waals surface area contributed by atoms with Crippen molar-refractivity contribution in [2.24, 2.45) is 0 Å². The van der Waals surface area contributed by atoms with E-state index in [0.29, 0.717) is 0 Å². The molecule has 0 radical (unpaired) electrons. The molecule has 78 valence electrons. The molecule has 15 heavy (non-hydrogen) atoms. The summed E-state index contributed by atoms with van der Waals surface area (Å²) in [7, 11) is 0. The highest BCUT2D eigenvalue weighted by Gasteiger charge is 2.22. The number of rotatable bonds is 2. The number of aromatic nitrogens is 1. The van der Waals surface area contributed by atoms with Gasteiger partial charge in [0.05, 0.1) is 16.1 Å². The Kier molecular flexibility index (Phi) is 2.66. The fourth-order valence-electron chi connectivity index (χ4n) is 1.54. The fourth-order valence-corrected chi connectivity index (χ4v) is 1.64. The predicted octanol–water partition coefficient (Wildman–Crippen LogP) is 4.10. The smallest absolute Gasteiger partial charge is 0.0835 e. The van der Waals surface area contributed by atoms with Crippen LogP contribution in [0.5, 0.6) is 0 Å². The molecule has 1 unspecified atom stereocenters. The Labute approximate surface area is 95.1 Å². The first-order chi connectivity index (χ1) is 7.13. The van der Waals surface area contributed by atoms with Crippen molar-refractivity contribution < 1.29 is 0 Å². The molecule has 0 bridgehead atoms. The Hall–Kier alpha value is -1.08. The van der Waals surface area contributed by atoms with Crippen LogP contribution in [-0.4, -0.2) is 4.98 Å². The minimum absolute atomic E-state index is 0.357. The molecule has 1 heterocycles. The van der Waals surface area contributed by atoms with Crippen LogP contribution in [0.15, 0.2) is 36.4 Å². The van der Waals surface area contributed by atoms with Gasteiger partial charge in [0, 0.05) is 5.39 Å². The molecule has 0 aliphatic rings. The van der Waals surface area contributed by atoms with Gasteiger partial charge in [-0.05, 0) is 25.5 Å². The van der Waals surface area contributed by atoms with Crippen molar-refractivity contribution in [3.63, 3.8) is 0 Å². The zero-order chi connectivity index (χ0) is 10.9. The van der Waals surface area contributed by atoms with E-state index in [2.05, 4.69) is 24.0 Å². The molecule has 1 aromatic carbocycles. The van der Waals surface area contributed by atoms with Crippen molar-refractivity contribution >= 4 is 22.5 Å². The van der Waals surface area contributed by atoms with Crippen molar-refractivity contribution in [1.82, 2.24) is 4.98 Å². The lowest BCUT2D eigenvalue weighted by molar-refractivity contribution is 0.631. The molecule has 0 saturated heterocycles. The third-order valence-electron chi connectivity index (χ3n) is 2.80. The third kappa shape index (κ3) is 1.98. The lowest BCUT2D eigenvalue weighted by atomic mass is 10.0. The third-order valence-corrected chi connectivity index (χ3v) is 3.26. The van der Waals surface area contributed by atoms with Gasteiger partial charge >= 0.3 is 0 Å². The first-order valence-electron chi connectivity index (χ1n) is 5.18. The number of halogens is 1. The largest absolute Gasteiger partial charge is 0.251 e. The van der Waals surface area contributed by atoms with Crippen LogP contribution in [0.1, 0.15) is 26.0 Å². The monoisotopic (exact) mass is 219 g/mol. The molecule has 0 N–H and O–H groups in total. The highest BCUT2D eigenvalue weighted by atomic mass is 35.5. The molecule has 2 aromatic rings. The van der Waals surface area contributed by atoms with Gasteiger partial charge in [-0.25, -0.2) is 0 Å². The first kappa shape index (κ1) is 10.4. The van der Waals surface area contributed by atoms with Gasteiger partial charge in [-0.2, -0.15) is 0 Å². The average molecular weight is 220 g/mol. The van der Waals surface area contributed by atoms with Crippen LogP contribution < -0.4 is 0 Å². The van der Waals surface area contributed by atoms with Crippen molar-refractivity contribution in [1.29, 1.82) is 0 Å². The number of para-hydroxylation sites is 1. The standard InChI is InChI=1S/C13H14ClN/c1-3-13(2,14)12-9-8-10-6-4-5-7-11(10)15-12/h4-9H,3H2,1-2H3. The number of fused-ring (bicyclic) bond motifs is 1. The molecule has 1 atom stereocenters. The second-order valence-corrected chi connectivity index (χ2v) is 4.77. The zero-order valence-corrected chi connectivity index (χ0v) is 9.75. The molecular weight excluding hydrogens is 206 g/mol. The summed E-state index contributed by atoms with van der Waals surface area (Å²) in [6, 6.07) is 12.2. The van der Waals surface area contributed by atoms with E-state index in [9.17, 15) is 0 Å². The van der Waals surface area contributed by atoms with Gasteiger partial charge in [0.25, 0.3) is 0 Å². The normalized spacial score (nSPS) is 15.1. The van der Waals surface area contributed by atoms with Gasteiger partial charge in [0.15, 0.2) is 0 Å². The minimum atomic E-state index is -0.357. The summed E-state index contributed by atoms with van der Waals surface area (Å²) in [5.41, 5.74) is 1.96. The summed E-state index contributed by atoms with van der Waals surface area (Å²) >= 11 is 6.38. The minimum Gasteiger partial charge on any atom is -0.251 e. The van der Waals surface area contributed by atoms with Crippen molar-refractivity contribution in [3.05, 3.63) is 42.1 Å². The van der Waals surface area contributed by atoms with Gasteiger partial charge in [-0.1, -0.05) is 31.2 Å². The zero-order valence-electron chi connectivity index (χ0n) is 9.00. The number of benzene rings is 1. The topological polar surface area (TPSA) is 12.9 Å². The van der Waals surface area contributed by atoms with E-state index in [1.54, 1.807) is 0 Å². The summed E-state index contributed by atoms with van der Waals surface area (Å²) in [6.07, 6.45) is 0.875. The Bertz CT molecular complexity index is 477. The quantitative estimate of drug-likeness (QED) is 0.693. The van der Waals surface area contributed by atoms with Crippen LogP contribution in [0.25, 0.3) is 10.9 Å². The van der Waals surface area contributed by atoms with E-state index in [-0.39, 0.29) is 4.87 Å². The summed E-state index contributed by atoms with van der Waals surface area (Å²) in [6.45, 7) is 4.08. The van der Waals surface area contributed by atoms with E-state index < -0.39 is 0 Å². The molecule has 0 fully saturated rings. The van der Waals surface area contributed by atoms with Crippen LogP contribution in [0.4, 0.5) is 0 Å². The molecule has 0 spiro atoms. The number of hydrogen-bond donors (Lipinski definition) is 0. The summed E-state index contributed by atoms with van der Waals surface area (Å²) in [4.78, 5) is 4.23. The summed E-state index contributed by atoms with van der Waals surface area (Å²) < 4.78 is 0. The van der Waals surface area contributed by atoms with E-state index in [1.807, 2.05) is 31.2 Å². The van der Waals surface area contributed by atoms with Crippen molar-refractivity contribution in [2.75, 3.05) is 0 Å². The molecule has 0 aliphatic carbocycles. The highest BCUT2D eigenvalue weighted by Crippen LogP contribution is 2.31. The van der Waals surface area contributed by atoms with Gasteiger partial charge in [-0.15, -0.1) is 11.6 Å². The first-order valence-corrected chi connectivity index (χ1v) is 5.56. The van der Waals surface area contributed by atoms with Crippen LogP contribution in [0.2, 0.25) is 0 Å². The number of nitrogens with zero attached hydrogens (tertiary/aromatic N) is 1. The molecule has 2 rings (SSSR count). The molecule has 0 aliphatic heterocycles. The lowest BCUT2D eigenvalue weighted by Crippen LogP contribution is -2.13. The van der Waals surface area contributed by atoms with Crippen LogP contribution >= 0.6 is 11.6 Å². The van der Waals surface area contributed by atoms with Crippen LogP contribution in [-0.2, 0) is 4.87 Å². The maximum atomic E-state index is 6.38. The maximum absolute atomic E-state index is 6.38. The second-order valence-electron chi connectivity index (χ2n) is 3.94. The number of alkyl halides is 1. The second kappa shape index (κ2) is 3.82. The van der Waals surface area contributed by atoms with Crippen molar-refractivity contribution in [2.45, 2.75) is 25.1 Å². The molecule has 1 aromatic heterocycles. The van der Waals surface area contributed by atoms with Gasteiger partial charge in [0.2, 0.25) is 0 Å². The molecule has 2 heteroatoms. The summed E-state index contributed by atoms with van der Waals surface area (Å²) in [5, 5.41) is 1.16. The molecule has 0 saturated carbocycles.